The van der Waals surface area contributed by atoms with E-state index in [1.165, 1.54) is 5.56 Å². The van der Waals surface area contributed by atoms with Gasteiger partial charge < -0.3 is 5.32 Å². The van der Waals surface area contributed by atoms with Gasteiger partial charge in [-0.2, -0.15) is 0 Å². The first-order chi connectivity index (χ1) is 9.38. The number of rotatable bonds is 3. The number of nitrogens with one attached hydrogen (secondary N) is 2. The predicted octanol–water partition coefficient (Wildman–Crippen LogP) is 2.15. The average molecular weight is 294 g/mol. The molecule has 3 rings (SSSR count). The first-order valence-corrected chi connectivity index (χ1v) is 8.72. The molecule has 1 aliphatic carbocycles. The lowest BCUT2D eigenvalue weighted by Crippen LogP contribution is -2.41. The fourth-order valence-electron chi connectivity index (χ4n) is 3.24. The van der Waals surface area contributed by atoms with Crippen LogP contribution < -0.4 is 10.0 Å². The van der Waals surface area contributed by atoms with E-state index in [4.69, 9.17) is 0 Å². The summed E-state index contributed by atoms with van der Waals surface area (Å²) in [6.07, 6.45) is 3.10. The molecule has 1 aliphatic heterocycles. The summed E-state index contributed by atoms with van der Waals surface area (Å²) in [5.41, 5.74) is 2.34. The minimum Gasteiger partial charge on any atom is -0.309 e. The maximum atomic E-state index is 12.5. The van der Waals surface area contributed by atoms with Crippen LogP contribution in [0.4, 0.5) is 0 Å². The molecule has 1 fully saturated rings. The Kier molecular flexibility index (Phi) is 3.39. The van der Waals surface area contributed by atoms with Crippen LogP contribution in [0, 0.1) is 5.41 Å². The van der Waals surface area contributed by atoms with E-state index in [-0.39, 0.29) is 11.5 Å². The van der Waals surface area contributed by atoms with Gasteiger partial charge in [0.2, 0.25) is 10.0 Å². The van der Waals surface area contributed by atoms with Crippen molar-refractivity contribution in [2.24, 2.45) is 5.41 Å². The Hall–Kier alpha value is -0.910. The average Bonchev–Trinajstić information content (AvgIpc) is 2.95. The van der Waals surface area contributed by atoms with Gasteiger partial charge in [-0.05, 0) is 41.5 Å². The third kappa shape index (κ3) is 2.50. The molecule has 1 unspecified atom stereocenters. The number of fused-ring (bicyclic) bond motifs is 1. The lowest BCUT2D eigenvalue weighted by atomic mass is 9.88. The second-order valence-corrected chi connectivity index (χ2v) is 8.30. The second kappa shape index (κ2) is 4.83. The molecule has 1 heterocycles. The monoisotopic (exact) mass is 294 g/mol. The van der Waals surface area contributed by atoms with E-state index in [0.717, 1.165) is 37.9 Å². The summed E-state index contributed by atoms with van der Waals surface area (Å²) in [7, 11) is -3.41. The molecule has 2 N–H and O–H groups in total. The number of sulfonamides is 1. The van der Waals surface area contributed by atoms with Crippen molar-refractivity contribution in [3.8, 4) is 0 Å². The van der Waals surface area contributed by atoms with Crippen molar-refractivity contribution in [1.82, 2.24) is 10.0 Å². The number of hydrogen-bond donors (Lipinski definition) is 2. The number of benzene rings is 1. The van der Waals surface area contributed by atoms with Crippen LogP contribution in [0.1, 0.15) is 44.2 Å². The van der Waals surface area contributed by atoms with Gasteiger partial charge >= 0.3 is 0 Å². The van der Waals surface area contributed by atoms with E-state index in [1.807, 2.05) is 6.07 Å². The van der Waals surface area contributed by atoms with E-state index in [1.54, 1.807) is 12.1 Å². The van der Waals surface area contributed by atoms with E-state index in [0.29, 0.717) is 4.90 Å². The van der Waals surface area contributed by atoms with Crippen molar-refractivity contribution >= 4 is 10.0 Å². The SMILES string of the molecule is CC1(C)CCCC1NS(=O)(=O)c1ccc2c(c1)CNC2. The van der Waals surface area contributed by atoms with Crippen molar-refractivity contribution in [1.29, 1.82) is 0 Å². The normalized spacial score (nSPS) is 24.8. The summed E-state index contributed by atoms with van der Waals surface area (Å²) in [6.45, 7) is 5.87. The van der Waals surface area contributed by atoms with E-state index in [2.05, 4.69) is 23.9 Å². The predicted molar refractivity (Wildman–Crippen MR) is 78.7 cm³/mol. The molecular formula is C15H22N2O2S. The molecular weight excluding hydrogens is 272 g/mol. The second-order valence-electron chi connectivity index (χ2n) is 6.59. The van der Waals surface area contributed by atoms with Gasteiger partial charge in [0.1, 0.15) is 0 Å². The minimum absolute atomic E-state index is 0.0406. The summed E-state index contributed by atoms with van der Waals surface area (Å²) >= 11 is 0. The van der Waals surface area contributed by atoms with Crippen LogP contribution in [-0.4, -0.2) is 14.5 Å². The van der Waals surface area contributed by atoms with Crippen molar-refractivity contribution in [3.63, 3.8) is 0 Å². The third-order valence-corrected chi connectivity index (χ3v) is 6.14. The van der Waals surface area contributed by atoms with Gasteiger partial charge in [-0.3, -0.25) is 0 Å². The first-order valence-electron chi connectivity index (χ1n) is 7.23. The van der Waals surface area contributed by atoms with E-state index in [9.17, 15) is 8.42 Å². The van der Waals surface area contributed by atoms with Crippen molar-refractivity contribution in [2.45, 2.75) is 57.1 Å². The van der Waals surface area contributed by atoms with Gasteiger partial charge in [-0.1, -0.05) is 26.3 Å². The molecule has 20 heavy (non-hydrogen) atoms. The minimum atomic E-state index is -3.41. The summed E-state index contributed by atoms with van der Waals surface area (Å²) < 4.78 is 28.0. The number of hydrogen-bond acceptors (Lipinski definition) is 3. The Labute approximate surface area is 121 Å². The highest BCUT2D eigenvalue weighted by Crippen LogP contribution is 2.38. The van der Waals surface area contributed by atoms with Crippen LogP contribution in [0.3, 0.4) is 0 Å². The Morgan fingerprint density at radius 2 is 2.00 bits per heavy atom. The van der Waals surface area contributed by atoms with E-state index < -0.39 is 10.0 Å². The molecule has 2 aliphatic rings. The molecule has 0 aromatic heterocycles. The molecule has 0 bridgehead atoms. The summed E-state index contributed by atoms with van der Waals surface area (Å²) in [5.74, 6) is 0. The summed E-state index contributed by atoms with van der Waals surface area (Å²) in [5, 5.41) is 3.24. The third-order valence-electron chi connectivity index (χ3n) is 4.67. The highest BCUT2D eigenvalue weighted by atomic mass is 32.2. The zero-order chi connectivity index (χ0) is 14.4. The largest absolute Gasteiger partial charge is 0.309 e. The maximum absolute atomic E-state index is 12.5. The molecule has 0 radical (unpaired) electrons. The fraction of sp³-hybridized carbons (Fsp3) is 0.600. The Morgan fingerprint density at radius 1 is 1.25 bits per heavy atom. The highest BCUT2D eigenvalue weighted by molar-refractivity contribution is 7.89. The molecule has 1 saturated carbocycles. The smallest absolute Gasteiger partial charge is 0.240 e. The van der Waals surface area contributed by atoms with Gasteiger partial charge in [-0.15, -0.1) is 0 Å². The standard InChI is InChI=1S/C15H22N2O2S/c1-15(2)7-3-4-14(15)17-20(18,19)13-6-5-11-9-16-10-12(11)8-13/h5-6,8,14,16-17H,3-4,7,9-10H2,1-2H3. The lowest BCUT2D eigenvalue weighted by molar-refractivity contribution is 0.313. The topological polar surface area (TPSA) is 58.2 Å². The molecule has 1 aromatic rings. The van der Waals surface area contributed by atoms with Crippen LogP contribution in [0.25, 0.3) is 0 Å². The van der Waals surface area contributed by atoms with Crippen LogP contribution in [0.15, 0.2) is 23.1 Å². The van der Waals surface area contributed by atoms with Crippen LogP contribution >= 0.6 is 0 Å². The van der Waals surface area contributed by atoms with Crippen molar-refractivity contribution in [3.05, 3.63) is 29.3 Å². The maximum Gasteiger partial charge on any atom is 0.240 e. The molecule has 0 spiro atoms. The van der Waals surface area contributed by atoms with Gasteiger partial charge in [0.05, 0.1) is 4.90 Å². The first kappa shape index (κ1) is 14.0. The molecule has 0 saturated heterocycles. The lowest BCUT2D eigenvalue weighted by Gasteiger charge is -2.27. The quantitative estimate of drug-likeness (QED) is 0.898. The molecule has 1 aromatic carbocycles. The molecule has 4 nitrogen and oxygen atoms in total. The molecule has 1 atom stereocenters. The van der Waals surface area contributed by atoms with Crippen LogP contribution in [0.2, 0.25) is 0 Å². The van der Waals surface area contributed by atoms with Gasteiger partial charge in [-0.25, -0.2) is 13.1 Å². The Morgan fingerprint density at radius 3 is 2.70 bits per heavy atom. The highest BCUT2D eigenvalue weighted by Gasteiger charge is 2.37. The molecule has 5 heteroatoms. The van der Waals surface area contributed by atoms with E-state index >= 15 is 0 Å². The Balaban J connectivity index is 1.85. The van der Waals surface area contributed by atoms with Crippen LogP contribution in [-0.2, 0) is 23.1 Å². The van der Waals surface area contributed by atoms with Crippen LogP contribution in [0.5, 0.6) is 0 Å². The summed E-state index contributed by atoms with van der Waals surface area (Å²) in [6, 6.07) is 5.48. The van der Waals surface area contributed by atoms with Crippen molar-refractivity contribution in [2.75, 3.05) is 0 Å². The zero-order valence-electron chi connectivity index (χ0n) is 12.1. The Bertz CT molecular complexity index is 623. The van der Waals surface area contributed by atoms with Crippen molar-refractivity contribution < 1.29 is 8.42 Å². The summed E-state index contributed by atoms with van der Waals surface area (Å²) in [4.78, 5) is 0.391. The van der Waals surface area contributed by atoms with Gasteiger partial charge in [0.15, 0.2) is 0 Å². The zero-order valence-corrected chi connectivity index (χ0v) is 12.9. The molecule has 0 amide bonds. The molecule has 110 valence electrons. The van der Waals surface area contributed by atoms with Gasteiger partial charge in [0.25, 0.3) is 0 Å². The van der Waals surface area contributed by atoms with Gasteiger partial charge in [0, 0.05) is 19.1 Å². The fourth-order valence-corrected chi connectivity index (χ4v) is 4.73.